The maximum absolute atomic E-state index is 3.16. The van der Waals surface area contributed by atoms with Crippen molar-refractivity contribution in [3.63, 3.8) is 0 Å². The SMILES string of the molecule is CN(C)Cc1c[nH]cc1CN(C)C. The van der Waals surface area contributed by atoms with E-state index >= 15 is 0 Å². The Morgan fingerprint density at radius 3 is 1.62 bits per heavy atom. The van der Waals surface area contributed by atoms with Gasteiger partial charge < -0.3 is 14.8 Å². The Balaban J connectivity index is 2.65. The van der Waals surface area contributed by atoms with Crippen LogP contribution in [0.3, 0.4) is 0 Å². The molecule has 74 valence electrons. The number of nitrogens with zero attached hydrogens (tertiary/aromatic N) is 2. The van der Waals surface area contributed by atoms with E-state index in [1.807, 2.05) is 0 Å². The fraction of sp³-hybridized carbons (Fsp3) is 0.600. The van der Waals surface area contributed by atoms with Crippen LogP contribution in [0.1, 0.15) is 11.1 Å². The third-order valence-corrected chi connectivity index (χ3v) is 1.90. The minimum Gasteiger partial charge on any atom is -0.367 e. The van der Waals surface area contributed by atoms with Gasteiger partial charge in [-0.1, -0.05) is 0 Å². The quantitative estimate of drug-likeness (QED) is 0.752. The van der Waals surface area contributed by atoms with Gasteiger partial charge in [-0.25, -0.2) is 0 Å². The molecule has 3 nitrogen and oxygen atoms in total. The second-order valence-corrected chi connectivity index (χ2v) is 3.98. The molecule has 0 aliphatic carbocycles. The molecular weight excluding hydrogens is 162 g/mol. The zero-order valence-corrected chi connectivity index (χ0v) is 8.96. The highest BCUT2D eigenvalue weighted by Crippen LogP contribution is 2.10. The summed E-state index contributed by atoms with van der Waals surface area (Å²) in [5, 5.41) is 0. The largest absolute Gasteiger partial charge is 0.367 e. The van der Waals surface area contributed by atoms with Gasteiger partial charge in [0.05, 0.1) is 0 Å². The third kappa shape index (κ3) is 3.20. The highest BCUT2D eigenvalue weighted by Gasteiger charge is 2.04. The summed E-state index contributed by atoms with van der Waals surface area (Å²) in [5.74, 6) is 0. The lowest BCUT2D eigenvalue weighted by Gasteiger charge is -2.13. The van der Waals surface area contributed by atoms with Crippen molar-refractivity contribution in [2.24, 2.45) is 0 Å². The summed E-state index contributed by atoms with van der Waals surface area (Å²) in [6.07, 6.45) is 4.16. The molecule has 1 rings (SSSR count). The lowest BCUT2D eigenvalue weighted by Crippen LogP contribution is -2.15. The number of rotatable bonds is 4. The number of H-pyrrole nitrogens is 1. The Kier molecular flexibility index (Phi) is 3.51. The summed E-state index contributed by atoms with van der Waals surface area (Å²) in [6, 6.07) is 0. The molecule has 13 heavy (non-hydrogen) atoms. The maximum atomic E-state index is 3.16. The fourth-order valence-corrected chi connectivity index (χ4v) is 1.40. The van der Waals surface area contributed by atoms with Crippen molar-refractivity contribution in [3.05, 3.63) is 23.5 Å². The first-order chi connectivity index (χ1) is 6.09. The van der Waals surface area contributed by atoms with Gasteiger partial charge in [0.15, 0.2) is 0 Å². The van der Waals surface area contributed by atoms with Gasteiger partial charge in [-0.15, -0.1) is 0 Å². The number of nitrogens with one attached hydrogen (secondary N) is 1. The maximum Gasteiger partial charge on any atom is 0.0245 e. The summed E-state index contributed by atoms with van der Waals surface area (Å²) in [5.41, 5.74) is 2.78. The van der Waals surface area contributed by atoms with E-state index in [4.69, 9.17) is 0 Å². The third-order valence-electron chi connectivity index (χ3n) is 1.90. The van der Waals surface area contributed by atoms with Gasteiger partial charge in [-0.05, 0) is 39.3 Å². The zero-order valence-electron chi connectivity index (χ0n) is 8.96. The van der Waals surface area contributed by atoms with Crippen molar-refractivity contribution in [1.82, 2.24) is 14.8 Å². The van der Waals surface area contributed by atoms with E-state index in [0.717, 1.165) is 13.1 Å². The van der Waals surface area contributed by atoms with E-state index in [-0.39, 0.29) is 0 Å². The summed E-state index contributed by atoms with van der Waals surface area (Å²) < 4.78 is 0. The highest BCUT2D eigenvalue weighted by atomic mass is 15.1. The molecule has 0 aliphatic heterocycles. The van der Waals surface area contributed by atoms with Gasteiger partial charge in [0.1, 0.15) is 0 Å². The zero-order chi connectivity index (χ0) is 9.84. The van der Waals surface area contributed by atoms with Gasteiger partial charge in [0.2, 0.25) is 0 Å². The Labute approximate surface area is 80.3 Å². The predicted octanol–water partition coefficient (Wildman–Crippen LogP) is 1.14. The van der Waals surface area contributed by atoms with Crippen LogP contribution in [0.5, 0.6) is 0 Å². The van der Waals surface area contributed by atoms with Gasteiger partial charge >= 0.3 is 0 Å². The number of aromatic amines is 1. The molecule has 0 bridgehead atoms. The number of hydrogen-bond acceptors (Lipinski definition) is 2. The van der Waals surface area contributed by atoms with Crippen molar-refractivity contribution >= 4 is 0 Å². The van der Waals surface area contributed by atoms with Crippen molar-refractivity contribution in [2.75, 3.05) is 28.2 Å². The second kappa shape index (κ2) is 4.44. The lowest BCUT2D eigenvalue weighted by molar-refractivity contribution is 0.382. The van der Waals surface area contributed by atoms with E-state index in [9.17, 15) is 0 Å². The summed E-state index contributed by atoms with van der Waals surface area (Å²) in [4.78, 5) is 7.52. The molecule has 0 saturated heterocycles. The summed E-state index contributed by atoms with van der Waals surface area (Å²) >= 11 is 0. The van der Waals surface area contributed by atoms with Crippen molar-refractivity contribution in [3.8, 4) is 0 Å². The molecule has 3 heteroatoms. The van der Waals surface area contributed by atoms with Crippen LogP contribution < -0.4 is 0 Å². The average Bonchev–Trinajstić information content (AvgIpc) is 2.34. The van der Waals surface area contributed by atoms with Crippen LogP contribution in [0.25, 0.3) is 0 Å². The average molecular weight is 181 g/mol. The van der Waals surface area contributed by atoms with Gasteiger partial charge in [-0.2, -0.15) is 0 Å². The van der Waals surface area contributed by atoms with Crippen LogP contribution in [-0.2, 0) is 13.1 Å². The second-order valence-electron chi connectivity index (χ2n) is 3.98. The summed E-state index contributed by atoms with van der Waals surface area (Å²) in [6.45, 7) is 2.01. The van der Waals surface area contributed by atoms with Crippen LogP contribution >= 0.6 is 0 Å². The molecule has 1 N–H and O–H groups in total. The molecule has 0 amide bonds. The van der Waals surface area contributed by atoms with E-state index in [1.54, 1.807) is 0 Å². The molecule has 0 fully saturated rings. The van der Waals surface area contributed by atoms with Crippen LogP contribution in [0.15, 0.2) is 12.4 Å². The molecule has 0 spiro atoms. The van der Waals surface area contributed by atoms with Crippen LogP contribution in [0.2, 0.25) is 0 Å². The monoisotopic (exact) mass is 181 g/mol. The standard InChI is InChI=1S/C10H19N3/c1-12(2)7-9-5-11-6-10(9)8-13(3)4/h5-6,11H,7-8H2,1-4H3. The Bertz CT molecular complexity index is 226. The molecule has 1 aromatic rings. The topological polar surface area (TPSA) is 22.3 Å². The molecular formula is C10H19N3. The van der Waals surface area contributed by atoms with Gasteiger partial charge in [0, 0.05) is 25.5 Å². The fourth-order valence-electron chi connectivity index (χ4n) is 1.40. The van der Waals surface area contributed by atoms with Gasteiger partial charge in [0.25, 0.3) is 0 Å². The van der Waals surface area contributed by atoms with Crippen molar-refractivity contribution in [1.29, 1.82) is 0 Å². The Morgan fingerprint density at radius 1 is 0.923 bits per heavy atom. The van der Waals surface area contributed by atoms with Crippen molar-refractivity contribution < 1.29 is 0 Å². The van der Waals surface area contributed by atoms with Crippen LogP contribution in [0.4, 0.5) is 0 Å². The summed E-state index contributed by atoms with van der Waals surface area (Å²) in [7, 11) is 8.36. The molecule has 1 aromatic heterocycles. The van der Waals surface area contributed by atoms with E-state index in [0.29, 0.717) is 0 Å². The first kappa shape index (κ1) is 10.3. The van der Waals surface area contributed by atoms with Crippen molar-refractivity contribution in [2.45, 2.75) is 13.1 Å². The van der Waals surface area contributed by atoms with E-state index < -0.39 is 0 Å². The number of hydrogen-bond donors (Lipinski definition) is 1. The van der Waals surface area contributed by atoms with Crippen LogP contribution in [-0.4, -0.2) is 43.0 Å². The van der Waals surface area contributed by atoms with E-state index in [2.05, 4.69) is 55.4 Å². The van der Waals surface area contributed by atoms with Gasteiger partial charge in [-0.3, -0.25) is 0 Å². The number of aromatic nitrogens is 1. The molecule has 0 atom stereocenters. The molecule has 1 heterocycles. The normalized spacial score (nSPS) is 11.5. The molecule has 0 aliphatic rings. The first-order valence-electron chi connectivity index (χ1n) is 4.53. The molecule has 0 radical (unpaired) electrons. The smallest absolute Gasteiger partial charge is 0.0245 e. The Hall–Kier alpha value is -0.800. The highest BCUT2D eigenvalue weighted by molar-refractivity contribution is 5.22. The molecule has 0 aromatic carbocycles. The van der Waals surface area contributed by atoms with E-state index in [1.165, 1.54) is 11.1 Å². The Morgan fingerprint density at radius 2 is 1.31 bits per heavy atom. The minimum absolute atomic E-state index is 1.01. The lowest BCUT2D eigenvalue weighted by atomic mass is 10.2. The molecule has 0 unspecified atom stereocenters. The van der Waals surface area contributed by atoms with Crippen LogP contribution in [0, 0.1) is 0 Å². The minimum atomic E-state index is 1.01. The predicted molar refractivity (Wildman–Crippen MR) is 55.6 cm³/mol. The first-order valence-corrected chi connectivity index (χ1v) is 4.53. The molecule has 0 saturated carbocycles.